The molecule has 10 heteroatoms. The molecule has 10 nitrogen and oxygen atoms in total. The van der Waals surface area contributed by atoms with Crippen molar-refractivity contribution >= 4 is 17.8 Å². The molecule has 37 heavy (non-hydrogen) atoms. The maximum Gasteiger partial charge on any atom is 0.332 e. The summed E-state index contributed by atoms with van der Waals surface area (Å²) in [7, 11) is 1.20. The van der Waals surface area contributed by atoms with E-state index in [0.29, 0.717) is 12.4 Å². The Morgan fingerprint density at radius 2 is 1.68 bits per heavy atom. The van der Waals surface area contributed by atoms with Gasteiger partial charge in [-0.1, -0.05) is 44.7 Å². The van der Waals surface area contributed by atoms with Gasteiger partial charge >= 0.3 is 5.97 Å². The van der Waals surface area contributed by atoms with Crippen molar-refractivity contribution in [1.82, 2.24) is 16.0 Å². The van der Waals surface area contributed by atoms with Crippen LogP contribution in [0.1, 0.15) is 40.2 Å². The molecular weight excluding hydrogens is 478 g/mol. The Morgan fingerprint density at radius 1 is 1.05 bits per heavy atom. The summed E-state index contributed by atoms with van der Waals surface area (Å²) in [5.41, 5.74) is 0.107. The maximum atomic E-state index is 13.4. The zero-order valence-electron chi connectivity index (χ0n) is 22.6. The maximum absolute atomic E-state index is 13.4. The average molecular weight is 520 g/mol. The normalized spacial score (nSPS) is 14.6. The third-order valence-electron chi connectivity index (χ3n) is 5.09. The van der Waals surface area contributed by atoms with Gasteiger partial charge in [0.1, 0.15) is 24.4 Å². The van der Waals surface area contributed by atoms with Crippen LogP contribution in [0.25, 0.3) is 0 Å². The highest BCUT2D eigenvalue weighted by atomic mass is 16.6. The molecule has 2 amide bonds. The largest absolute Gasteiger partial charge is 0.490 e. The summed E-state index contributed by atoms with van der Waals surface area (Å²) in [6.45, 7) is 16.3. The fraction of sp³-hybridized carbons (Fsp3) is 0.519. The fourth-order valence-corrected chi connectivity index (χ4v) is 3.25. The number of ether oxygens (including phenoxy) is 3. The molecule has 206 valence electrons. The number of benzene rings is 1. The summed E-state index contributed by atoms with van der Waals surface area (Å²) in [6.07, 6.45) is 1.62. The van der Waals surface area contributed by atoms with E-state index in [2.05, 4.69) is 33.8 Å². The molecule has 0 saturated carbocycles. The summed E-state index contributed by atoms with van der Waals surface area (Å²) >= 11 is 0. The van der Waals surface area contributed by atoms with Gasteiger partial charge in [-0.2, -0.15) is 0 Å². The fourth-order valence-electron chi connectivity index (χ4n) is 3.25. The van der Waals surface area contributed by atoms with Gasteiger partial charge in [-0.25, -0.2) is 4.79 Å². The van der Waals surface area contributed by atoms with Gasteiger partial charge in [-0.3, -0.25) is 14.9 Å². The lowest BCUT2D eigenvalue weighted by Crippen LogP contribution is -2.58. The van der Waals surface area contributed by atoms with Gasteiger partial charge in [0.2, 0.25) is 18.2 Å². The van der Waals surface area contributed by atoms with Gasteiger partial charge in [-0.05, 0) is 50.8 Å². The van der Waals surface area contributed by atoms with Crippen LogP contribution in [0.4, 0.5) is 0 Å². The van der Waals surface area contributed by atoms with Crippen LogP contribution in [0.2, 0.25) is 0 Å². The van der Waals surface area contributed by atoms with Crippen LogP contribution in [-0.2, 0) is 30.3 Å². The summed E-state index contributed by atoms with van der Waals surface area (Å²) in [5.74, 6) is -1.46. The Balaban J connectivity index is 3.10. The Hall–Kier alpha value is -3.21. The number of rotatable bonds is 15. The first-order chi connectivity index (χ1) is 17.3. The summed E-state index contributed by atoms with van der Waals surface area (Å²) in [6, 6.07) is 4.14. The van der Waals surface area contributed by atoms with Crippen molar-refractivity contribution in [1.29, 1.82) is 0 Å². The smallest absolute Gasteiger partial charge is 0.332 e. The van der Waals surface area contributed by atoms with Gasteiger partial charge in [-0.15, -0.1) is 6.58 Å². The molecule has 1 aromatic rings. The second-order valence-corrected chi connectivity index (χ2v) is 9.72. The monoisotopic (exact) mass is 519 g/mol. The molecule has 0 aliphatic carbocycles. The molecule has 1 rings (SSSR count). The van der Waals surface area contributed by atoms with Crippen LogP contribution in [0.3, 0.4) is 0 Å². The number of esters is 1. The van der Waals surface area contributed by atoms with Crippen molar-refractivity contribution in [3.63, 3.8) is 0 Å². The standard InChI is InChI=1S/C27H41N3O7/c1-9-15-36-19-13-11-18(12-14-19)16-21(29-26(34)37-27(5,6)7)23(31)30-22(17(3)4)24(32)28-20(10-2)25(33)35-8/h9-14,17,20-22,26,29,34H,1-2,15-16H2,3-8H3,(H,28,32)(H,30,31)/t20-,21?,22-,26?/m0/s1. The number of methoxy groups -OCH3 is 1. The van der Waals surface area contributed by atoms with Gasteiger partial charge in [0.05, 0.1) is 18.8 Å². The van der Waals surface area contributed by atoms with Crippen molar-refractivity contribution in [2.24, 2.45) is 5.92 Å². The first kappa shape index (κ1) is 31.8. The van der Waals surface area contributed by atoms with Crippen molar-refractivity contribution in [3.05, 3.63) is 55.1 Å². The van der Waals surface area contributed by atoms with Crippen LogP contribution >= 0.6 is 0 Å². The van der Waals surface area contributed by atoms with Crippen LogP contribution in [0, 0.1) is 5.92 Å². The summed E-state index contributed by atoms with van der Waals surface area (Å²) in [5, 5.41) is 18.5. The first-order valence-corrected chi connectivity index (χ1v) is 12.1. The lowest BCUT2D eigenvalue weighted by Gasteiger charge is -2.29. The average Bonchev–Trinajstić information content (AvgIpc) is 2.82. The molecule has 0 radical (unpaired) electrons. The zero-order chi connectivity index (χ0) is 28.2. The molecule has 4 N–H and O–H groups in total. The van der Waals surface area contributed by atoms with E-state index in [1.807, 2.05) is 0 Å². The number of amides is 2. The number of carbonyl (C=O) groups is 3. The number of aliphatic hydroxyl groups is 1. The Labute approximate surface area is 219 Å². The molecule has 1 aromatic carbocycles. The van der Waals surface area contributed by atoms with E-state index in [9.17, 15) is 19.5 Å². The van der Waals surface area contributed by atoms with Gasteiger partial charge in [0.15, 0.2) is 0 Å². The second-order valence-electron chi connectivity index (χ2n) is 9.72. The third kappa shape index (κ3) is 11.6. The molecule has 4 atom stereocenters. The van der Waals surface area contributed by atoms with Gasteiger partial charge < -0.3 is 30.0 Å². The lowest BCUT2D eigenvalue weighted by molar-refractivity contribution is -0.187. The van der Waals surface area contributed by atoms with Crippen molar-refractivity contribution < 1.29 is 33.7 Å². The molecule has 2 unspecified atom stereocenters. The molecule has 0 heterocycles. The molecular formula is C27H41N3O7. The van der Waals surface area contributed by atoms with E-state index < -0.39 is 47.9 Å². The van der Waals surface area contributed by atoms with Crippen molar-refractivity contribution in [2.45, 2.75) is 71.2 Å². The van der Waals surface area contributed by atoms with Gasteiger partial charge in [0, 0.05) is 0 Å². The summed E-state index contributed by atoms with van der Waals surface area (Å²) < 4.78 is 15.7. The first-order valence-electron chi connectivity index (χ1n) is 12.1. The van der Waals surface area contributed by atoms with Crippen molar-refractivity contribution in [2.75, 3.05) is 13.7 Å². The molecule has 0 spiro atoms. The minimum atomic E-state index is -1.44. The number of nitrogens with one attached hydrogen (secondary N) is 3. The molecule has 0 fully saturated rings. The lowest BCUT2D eigenvalue weighted by atomic mass is 10.0. The Morgan fingerprint density at radius 3 is 2.16 bits per heavy atom. The van der Waals surface area contributed by atoms with Crippen LogP contribution in [-0.4, -0.2) is 66.7 Å². The second kappa shape index (κ2) is 15.1. The molecule has 0 aliphatic rings. The minimum absolute atomic E-state index is 0.183. The predicted molar refractivity (Wildman–Crippen MR) is 141 cm³/mol. The van der Waals surface area contributed by atoms with Crippen LogP contribution in [0.5, 0.6) is 5.75 Å². The van der Waals surface area contributed by atoms with Crippen molar-refractivity contribution in [3.8, 4) is 5.75 Å². The Kier molecular flexibility index (Phi) is 13.0. The zero-order valence-corrected chi connectivity index (χ0v) is 22.6. The Bertz CT molecular complexity index is 910. The van der Waals surface area contributed by atoms with Crippen LogP contribution in [0.15, 0.2) is 49.6 Å². The van der Waals surface area contributed by atoms with E-state index in [4.69, 9.17) is 9.47 Å². The van der Waals surface area contributed by atoms with E-state index in [1.165, 1.54) is 13.2 Å². The van der Waals surface area contributed by atoms with E-state index >= 15 is 0 Å². The number of hydrogen-bond donors (Lipinski definition) is 4. The van der Waals surface area contributed by atoms with E-state index in [0.717, 1.165) is 5.56 Å². The summed E-state index contributed by atoms with van der Waals surface area (Å²) in [4.78, 5) is 38.1. The highest BCUT2D eigenvalue weighted by Crippen LogP contribution is 2.15. The third-order valence-corrected chi connectivity index (χ3v) is 5.09. The number of hydrogen-bond acceptors (Lipinski definition) is 8. The van der Waals surface area contributed by atoms with E-state index in [-0.39, 0.29) is 12.3 Å². The highest BCUT2D eigenvalue weighted by Gasteiger charge is 2.31. The topological polar surface area (TPSA) is 135 Å². The SMILES string of the molecule is C=CCOc1ccc(CC(NC(O)OC(C)(C)C)C(=O)N[C@H](C(=O)N[C@@H](C=C)C(=O)OC)C(C)C)cc1. The molecule has 0 aromatic heterocycles. The minimum Gasteiger partial charge on any atom is -0.490 e. The van der Waals surface area contributed by atoms with E-state index in [1.54, 1.807) is 65.0 Å². The highest BCUT2D eigenvalue weighted by molar-refractivity contribution is 5.92. The number of carbonyl (C=O) groups excluding carboxylic acids is 3. The quantitative estimate of drug-likeness (QED) is 0.157. The predicted octanol–water partition coefficient (Wildman–Crippen LogP) is 1.83. The van der Waals surface area contributed by atoms with Gasteiger partial charge in [0.25, 0.3) is 0 Å². The molecule has 0 bridgehead atoms. The number of aliphatic hydroxyl groups excluding tert-OH is 1. The van der Waals surface area contributed by atoms with Crippen LogP contribution < -0.4 is 20.7 Å². The molecule has 0 saturated heterocycles. The molecule has 0 aliphatic heterocycles.